The molecule has 2 atom stereocenters. The summed E-state index contributed by atoms with van der Waals surface area (Å²) in [6.07, 6.45) is -4.50. The molecule has 3 N–H and O–H groups in total. The number of nitriles is 1. The van der Waals surface area contributed by atoms with Crippen molar-refractivity contribution < 1.29 is 31.5 Å². The van der Waals surface area contributed by atoms with Gasteiger partial charge in [-0.15, -0.1) is 0 Å². The topological polar surface area (TPSA) is 113 Å². The predicted octanol–water partition coefficient (Wildman–Crippen LogP) is 3.36. The number of nitrogens with two attached hydrogens (primary N) is 1. The van der Waals surface area contributed by atoms with Crippen molar-refractivity contribution in [2.24, 2.45) is 10.7 Å². The number of hydrogen-bond acceptors (Lipinski definition) is 6. The minimum Gasteiger partial charge on any atom is -0.454 e. The molecule has 2 heterocycles. The van der Waals surface area contributed by atoms with Crippen molar-refractivity contribution >= 4 is 17.6 Å². The molecule has 162 valence electrons. The summed E-state index contributed by atoms with van der Waals surface area (Å²) in [5, 5.41) is 11.0. The third kappa shape index (κ3) is 4.55. The van der Waals surface area contributed by atoms with Gasteiger partial charge in [-0.3, -0.25) is 4.79 Å². The highest BCUT2D eigenvalue weighted by Crippen LogP contribution is 2.41. The zero-order chi connectivity index (χ0) is 23.0. The molecular formula is C19H14F5N5O2. The van der Waals surface area contributed by atoms with Gasteiger partial charge in [0.25, 0.3) is 11.9 Å². The Balaban J connectivity index is 1.95. The van der Waals surface area contributed by atoms with E-state index in [0.717, 1.165) is 19.2 Å². The van der Waals surface area contributed by atoms with Crippen LogP contribution in [0.4, 0.5) is 27.6 Å². The van der Waals surface area contributed by atoms with Crippen LogP contribution in [0.1, 0.15) is 35.0 Å². The number of carbonyl (C=O) groups excluding carboxylic acids is 1. The first-order chi connectivity index (χ1) is 14.4. The molecule has 1 aliphatic heterocycles. The number of rotatable bonds is 3. The van der Waals surface area contributed by atoms with Gasteiger partial charge >= 0.3 is 6.18 Å². The number of aliphatic imine (C=N–C) groups is 1. The molecule has 0 unspecified atom stereocenters. The van der Waals surface area contributed by atoms with Crippen LogP contribution in [-0.4, -0.2) is 29.1 Å². The number of nitrogens with one attached hydrogen (secondary N) is 1. The van der Waals surface area contributed by atoms with Crippen molar-refractivity contribution in [2.45, 2.75) is 31.2 Å². The minimum atomic E-state index is -4.78. The zero-order valence-corrected chi connectivity index (χ0v) is 15.8. The Bertz CT molecular complexity index is 1090. The quantitative estimate of drug-likeness (QED) is 0.712. The number of amides is 1. The molecule has 0 bridgehead atoms. The third-order valence-corrected chi connectivity index (χ3v) is 4.55. The van der Waals surface area contributed by atoms with E-state index in [1.54, 1.807) is 0 Å². The van der Waals surface area contributed by atoms with E-state index < -0.39 is 53.4 Å². The van der Waals surface area contributed by atoms with E-state index in [9.17, 15) is 26.7 Å². The van der Waals surface area contributed by atoms with Crippen LogP contribution in [0.25, 0.3) is 0 Å². The van der Waals surface area contributed by atoms with Crippen molar-refractivity contribution in [3.05, 3.63) is 58.9 Å². The predicted molar refractivity (Wildman–Crippen MR) is 97.8 cm³/mol. The monoisotopic (exact) mass is 439 g/mol. The molecular weight excluding hydrogens is 425 g/mol. The molecule has 1 aliphatic rings. The molecule has 7 nitrogen and oxygen atoms in total. The summed E-state index contributed by atoms with van der Waals surface area (Å²) in [4.78, 5) is 19.3. The standard InChI is InChI=1S/C19H14F5N5O2/c1-18(6-14(19(22,23)24)29-17(26)31-18)11-4-10(5-12(20)15(11)21)28-16(30)13-3-2-9(7-25)8-27-13/h2-5,8,14H,6H2,1H3,(H2,26,29)(H,28,30)/t14-,18-/m0/s1. The number of halogens is 5. The number of alkyl halides is 3. The molecule has 0 spiro atoms. The molecule has 12 heteroatoms. The van der Waals surface area contributed by atoms with E-state index in [4.69, 9.17) is 15.7 Å². The summed E-state index contributed by atoms with van der Waals surface area (Å²) >= 11 is 0. The van der Waals surface area contributed by atoms with Crippen LogP contribution in [0, 0.1) is 23.0 Å². The van der Waals surface area contributed by atoms with E-state index in [-0.39, 0.29) is 16.9 Å². The van der Waals surface area contributed by atoms with Gasteiger partial charge < -0.3 is 15.8 Å². The van der Waals surface area contributed by atoms with Gasteiger partial charge in [-0.1, -0.05) is 0 Å². The molecule has 2 aromatic rings. The lowest BCUT2D eigenvalue weighted by molar-refractivity contribution is -0.164. The Labute approximate surface area is 172 Å². The SMILES string of the molecule is C[C@@]1(c2cc(NC(=O)c3ccc(C#N)cn3)cc(F)c2F)C[C@@H](C(F)(F)F)N=C(N)O1. The number of benzene rings is 1. The van der Waals surface area contributed by atoms with Gasteiger partial charge in [-0.05, 0) is 25.1 Å². The van der Waals surface area contributed by atoms with Gasteiger partial charge in [0.15, 0.2) is 17.7 Å². The fourth-order valence-corrected chi connectivity index (χ4v) is 3.06. The number of carbonyl (C=O) groups is 1. The minimum absolute atomic E-state index is 0.126. The van der Waals surface area contributed by atoms with Crippen molar-refractivity contribution in [3.63, 3.8) is 0 Å². The average molecular weight is 439 g/mol. The lowest BCUT2D eigenvalue weighted by Crippen LogP contribution is -2.46. The molecule has 1 aromatic heterocycles. The molecule has 0 radical (unpaired) electrons. The van der Waals surface area contributed by atoms with Crippen molar-refractivity contribution in [3.8, 4) is 6.07 Å². The Hall–Kier alpha value is -3.75. The maximum absolute atomic E-state index is 14.5. The first-order valence-electron chi connectivity index (χ1n) is 8.69. The largest absolute Gasteiger partial charge is 0.454 e. The number of hydrogen-bond donors (Lipinski definition) is 2. The van der Waals surface area contributed by atoms with Crippen LogP contribution in [0.3, 0.4) is 0 Å². The van der Waals surface area contributed by atoms with Crippen molar-refractivity contribution in [1.29, 1.82) is 5.26 Å². The summed E-state index contributed by atoms with van der Waals surface area (Å²) in [6, 6.07) is 2.89. The highest BCUT2D eigenvalue weighted by molar-refractivity contribution is 6.02. The number of aromatic nitrogens is 1. The van der Waals surface area contributed by atoms with Gasteiger partial charge in [-0.2, -0.15) is 18.4 Å². The Morgan fingerprint density at radius 3 is 2.65 bits per heavy atom. The first kappa shape index (κ1) is 21.9. The van der Waals surface area contributed by atoms with E-state index in [1.165, 1.54) is 12.1 Å². The van der Waals surface area contributed by atoms with Gasteiger partial charge in [-0.25, -0.2) is 18.8 Å². The molecule has 0 fully saturated rings. The van der Waals surface area contributed by atoms with Crippen LogP contribution in [0.5, 0.6) is 0 Å². The molecule has 3 rings (SSSR count). The normalized spacial score (nSPS) is 20.9. The van der Waals surface area contributed by atoms with Crippen LogP contribution in [-0.2, 0) is 10.3 Å². The highest BCUT2D eigenvalue weighted by atomic mass is 19.4. The lowest BCUT2D eigenvalue weighted by atomic mass is 9.87. The van der Waals surface area contributed by atoms with Gasteiger partial charge in [0.2, 0.25) is 0 Å². The molecule has 31 heavy (non-hydrogen) atoms. The molecule has 1 amide bonds. The second kappa shape index (κ2) is 7.82. The maximum Gasteiger partial charge on any atom is 0.411 e. The summed E-state index contributed by atoms with van der Waals surface area (Å²) in [5.41, 5.74) is 2.59. The van der Waals surface area contributed by atoms with Gasteiger partial charge in [0, 0.05) is 29.9 Å². The lowest BCUT2D eigenvalue weighted by Gasteiger charge is -2.37. The summed E-state index contributed by atoms with van der Waals surface area (Å²) in [5.74, 6) is -3.69. The average Bonchev–Trinajstić information content (AvgIpc) is 2.69. The maximum atomic E-state index is 14.5. The number of ether oxygens (including phenoxy) is 1. The Morgan fingerprint density at radius 1 is 1.35 bits per heavy atom. The molecule has 1 aromatic carbocycles. The van der Waals surface area contributed by atoms with Gasteiger partial charge in [0.1, 0.15) is 17.4 Å². The Morgan fingerprint density at radius 2 is 2.06 bits per heavy atom. The number of anilines is 1. The van der Waals surface area contributed by atoms with Crippen LogP contribution < -0.4 is 11.1 Å². The summed E-state index contributed by atoms with van der Waals surface area (Å²) in [7, 11) is 0. The van der Waals surface area contributed by atoms with Crippen LogP contribution >= 0.6 is 0 Å². The van der Waals surface area contributed by atoms with Crippen molar-refractivity contribution in [1.82, 2.24) is 4.98 Å². The molecule has 0 saturated heterocycles. The number of amidine groups is 1. The van der Waals surface area contributed by atoms with Gasteiger partial charge in [0.05, 0.1) is 5.56 Å². The fraction of sp³-hybridized carbons (Fsp3) is 0.263. The van der Waals surface area contributed by atoms with E-state index in [2.05, 4.69) is 15.3 Å². The number of nitrogens with zero attached hydrogens (tertiary/aromatic N) is 3. The van der Waals surface area contributed by atoms with E-state index in [1.807, 2.05) is 6.07 Å². The highest BCUT2D eigenvalue weighted by Gasteiger charge is 2.49. The third-order valence-electron chi connectivity index (χ3n) is 4.55. The zero-order valence-electron chi connectivity index (χ0n) is 15.8. The van der Waals surface area contributed by atoms with E-state index in [0.29, 0.717) is 6.07 Å². The summed E-state index contributed by atoms with van der Waals surface area (Å²) < 4.78 is 73.4. The second-order valence-corrected chi connectivity index (χ2v) is 6.88. The van der Waals surface area contributed by atoms with Crippen molar-refractivity contribution in [2.75, 3.05) is 5.32 Å². The first-order valence-corrected chi connectivity index (χ1v) is 8.69. The van der Waals surface area contributed by atoms with Crippen LogP contribution in [0.15, 0.2) is 35.5 Å². The second-order valence-electron chi connectivity index (χ2n) is 6.88. The fourth-order valence-electron chi connectivity index (χ4n) is 3.06. The van der Waals surface area contributed by atoms with E-state index >= 15 is 0 Å². The smallest absolute Gasteiger partial charge is 0.411 e. The Kier molecular flexibility index (Phi) is 5.54. The molecule has 0 saturated carbocycles. The van der Waals surface area contributed by atoms with Crippen LogP contribution in [0.2, 0.25) is 0 Å². The number of pyridine rings is 1. The molecule has 0 aliphatic carbocycles. The summed E-state index contributed by atoms with van der Waals surface area (Å²) in [6.45, 7) is 1.11.